The summed E-state index contributed by atoms with van der Waals surface area (Å²) in [6.45, 7) is 3.63. The molecular weight excluding hydrogens is 764 g/mol. The van der Waals surface area contributed by atoms with Crippen molar-refractivity contribution in [3.05, 3.63) is 12.2 Å². The molecule has 59 heavy (non-hydrogen) atoms. The molecule has 11 atom stereocenters. The van der Waals surface area contributed by atoms with Crippen molar-refractivity contribution in [2.75, 3.05) is 33.0 Å². The van der Waals surface area contributed by atoms with E-state index < -0.39 is 80.7 Å². The van der Waals surface area contributed by atoms with Crippen LogP contribution in [0.2, 0.25) is 0 Å². The summed E-state index contributed by atoms with van der Waals surface area (Å²) in [6.07, 6.45) is 16.0. The topological polar surface area (TPSA) is 214 Å². The number of rotatable bonds is 36. The Morgan fingerprint density at radius 3 is 1.54 bits per heavy atom. The van der Waals surface area contributed by atoms with E-state index in [1.807, 2.05) is 0 Å². The van der Waals surface area contributed by atoms with Crippen molar-refractivity contribution >= 4 is 5.97 Å². The minimum Gasteiger partial charge on any atom is -0.457 e. The fourth-order valence-corrected chi connectivity index (χ4v) is 7.40. The van der Waals surface area contributed by atoms with Crippen LogP contribution in [0.25, 0.3) is 0 Å². The summed E-state index contributed by atoms with van der Waals surface area (Å²) in [4.78, 5) is 12.9. The Morgan fingerprint density at radius 1 is 0.542 bits per heavy atom. The van der Waals surface area contributed by atoms with Gasteiger partial charge in [0.25, 0.3) is 0 Å². The van der Waals surface area contributed by atoms with Gasteiger partial charge in [-0.05, 0) is 38.5 Å². The summed E-state index contributed by atoms with van der Waals surface area (Å²) >= 11 is 0. The van der Waals surface area contributed by atoms with Gasteiger partial charge in [-0.25, -0.2) is 0 Å². The van der Waals surface area contributed by atoms with Gasteiger partial charge < -0.3 is 64.2 Å². The Hall–Kier alpha value is -1.27. The van der Waals surface area contributed by atoms with E-state index in [2.05, 4.69) is 26.0 Å². The van der Waals surface area contributed by atoms with Crippen molar-refractivity contribution in [1.82, 2.24) is 0 Å². The molecule has 14 heteroatoms. The number of unbranched alkanes of at least 4 members (excludes halogenated alkanes) is 20. The fourth-order valence-electron chi connectivity index (χ4n) is 7.40. The van der Waals surface area contributed by atoms with Crippen LogP contribution in [0.3, 0.4) is 0 Å². The molecular formula is C45H84O14. The van der Waals surface area contributed by atoms with E-state index >= 15 is 0 Å². The zero-order chi connectivity index (χ0) is 43.1. The molecule has 0 saturated carbocycles. The average molecular weight is 849 g/mol. The molecule has 0 aliphatic carbocycles. The first-order chi connectivity index (χ1) is 28.6. The molecule has 2 aliphatic heterocycles. The summed E-state index contributed by atoms with van der Waals surface area (Å²) in [7, 11) is 0. The average Bonchev–Trinajstić information content (AvgIpc) is 3.23. The lowest BCUT2D eigenvalue weighted by Gasteiger charge is -2.42. The largest absolute Gasteiger partial charge is 0.457 e. The lowest BCUT2D eigenvalue weighted by molar-refractivity contribution is -0.332. The fraction of sp³-hybridized carbons (Fsp3) is 0.933. The number of carbonyl (C=O) groups is 1. The van der Waals surface area contributed by atoms with Crippen molar-refractivity contribution in [3.8, 4) is 0 Å². The van der Waals surface area contributed by atoms with Crippen LogP contribution in [0.15, 0.2) is 12.2 Å². The molecule has 2 rings (SSSR count). The Kier molecular flexibility index (Phi) is 31.3. The van der Waals surface area contributed by atoms with Gasteiger partial charge in [0, 0.05) is 13.0 Å². The van der Waals surface area contributed by atoms with Crippen molar-refractivity contribution in [2.45, 2.75) is 235 Å². The third kappa shape index (κ3) is 23.1. The summed E-state index contributed by atoms with van der Waals surface area (Å²) in [5, 5.41) is 71.7. The van der Waals surface area contributed by atoms with E-state index in [4.69, 9.17) is 28.4 Å². The number of allylic oxidation sites excluding steroid dienone is 2. The Morgan fingerprint density at radius 2 is 1.00 bits per heavy atom. The number of aliphatic hydroxyl groups is 7. The van der Waals surface area contributed by atoms with Crippen LogP contribution in [0.4, 0.5) is 0 Å². The molecule has 0 aromatic heterocycles. The van der Waals surface area contributed by atoms with Gasteiger partial charge in [0.2, 0.25) is 0 Å². The van der Waals surface area contributed by atoms with Crippen molar-refractivity contribution in [3.63, 3.8) is 0 Å². The van der Waals surface area contributed by atoms with Gasteiger partial charge in [0.15, 0.2) is 12.6 Å². The Balaban J connectivity index is 1.72. The van der Waals surface area contributed by atoms with Crippen LogP contribution in [-0.2, 0) is 33.2 Å². The van der Waals surface area contributed by atoms with Gasteiger partial charge >= 0.3 is 5.97 Å². The highest BCUT2D eigenvalue weighted by atomic mass is 16.7. The first-order valence-corrected chi connectivity index (χ1v) is 23.3. The van der Waals surface area contributed by atoms with Crippen LogP contribution < -0.4 is 0 Å². The molecule has 2 heterocycles. The van der Waals surface area contributed by atoms with E-state index in [9.17, 15) is 40.5 Å². The first-order valence-electron chi connectivity index (χ1n) is 23.3. The standard InChI is InChI=1S/C45H84O14/c1-3-5-7-9-11-12-13-14-15-16-17-18-19-20-21-22-23-24-26-28-37(47)57-34(31-54-29-27-25-10-8-6-4-2)32-55-44-43(53)41(51)39(49)36(59-44)33-56-45-42(52)40(50)38(48)35(30-46)58-45/h14-15,34-36,38-46,48-53H,3-13,16-33H2,1-2H3/b15-14-. The number of esters is 1. The molecule has 0 spiro atoms. The maximum atomic E-state index is 12.9. The first kappa shape index (κ1) is 53.9. The van der Waals surface area contributed by atoms with Gasteiger partial charge in [0.1, 0.15) is 54.9 Å². The number of aliphatic hydroxyl groups excluding tert-OH is 7. The van der Waals surface area contributed by atoms with Gasteiger partial charge in [-0.1, -0.05) is 135 Å². The Labute approximate surface area is 354 Å². The number of hydrogen-bond donors (Lipinski definition) is 7. The van der Waals surface area contributed by atoms with Crippen LogP contribution >= 0.6 is 0 Å². The van der Waals surface area contributed by atoms with E-state index in [-0.39, 0.29) is 25.6 Å². The lowest BCUT2D eigenvalue weighted by Crippen LogP contribution is -2.61. The smallest absolute Gasteiger partial charge is 0.306 e. The van der Waals surface area contributed by atoms with Gasteiger partial charge in [0.05, 0.1) is 26.4 Å². The minimum atomic E-state index is -1.70. The molecule has 0 aromatic carbocycles. The monoisotopic (exact) mass is 849 g/mol. The van der Waals surface area contributed by atoms with E-state index in [0.717, 1.165) is 38.5 Å². The SMILES string of the molecule is CCCCCCCC/C=C\CCCCCCCCCCCC(=O)OC(COCCCCCCCC)COC1OC(COC2OC(CO)C(O)C(O)C2O)C(O)C(O)C1O. The highest BCUT2D eigenvalue weighted by molar-refractivity contribution is 5.69. The van der Waals surface area contributed by atoms with Crippen LogP contribution in [0, 0.1) is 0 Å². The van der Waals surface area contributed by atoms with E-state index in [1.165, 1.54) is 103 Å². The maximum absolute atomic E-state index is 12.9. The molecule has 2 saturated heterocycles. The predicted molar refractivity (Wildman–Crippen MR) is 224 cm³/mol. The second-order valence-corrected chi connectivity index (χ2v) is 16.6. The third-order valence-electron chi connectivity index (χ3n) is 11.3. The lowest BCUT2D eigenvalue weighted by atomic mass is 9.98. The summed E-state index contributed by atoms with van der Waals surface area (Å²) in [5.41, 5.74) is 0. The van der Waals surface area contributed by atoms with Crippen molar-refractivity contribution in [1.29, 1.82) is 0 Å². The van der Waals surface area contributed by atoms with Crippen LogP contribution in [0.5, 0.6) is 0 Å². The number of ether oxygens (including phenoxy) is 6. The number of hydrogen-bond acceptors (Lipinski definition) is 14. The molecule has 14 nitrogen and oxygen atoms in total. The summed E-state index contributed by atoms with van der Waals surface area (Å²) in [6, 6.07) is 0. The van der Waals surface area contributed by atoms with Gasteiger partial charge in [-0.2, -0.15) is 0 Å². The predicted octanol–water partition coefficient (Wildman–Crippen LogP) is 5.51. The zero-order valence-corrected chi connectivity index (χ0v) is 36.5. The minimum absolute atomic E-state index is 0.0633. The molecule has 2 aliphatic rings. The van der Waals surface area contributed by atoms with Crippen molar-refractivity contribution < 1.29 is 69.0 Å². The highest BCUT2D eigenvalue weighted by Gasteiger charge is 2.47. The second kappa shape index (κ2) is 34.2. The third-order valence-corrected chi connectivity index (χ3v) is 11.3. The van der Waals surface area contributed by atoms with Gasteiger partial charge in [-0.15, -0.1) is 0 Å². The van der Waals surface area contributed by atoms with Crippen LogP contribution in [0.1, 0.15) is 168 Å². The summed E-state index contributed by atoms with van der Waals surface area (Å²) in [5.74, 6) is -0.380. The second-order valence-electron chi connectivity index (χ2n) is 16.6. The molecule has 0 amide bonds. The molecule has 7 N–H and O–H groups in total. The molecule has 2 fully saturated rings. The normalized spacial score (nSPS) is 28.0. The van der Waals surface area contributed by atoms with E-state index in [1.54, 1.807) is 0 Å². The molecule has 0 radical (unpaired) electrons. The van der Waals surface area contributed by atoms with E-state index in [0.29, 0.717) is 13.0 Å². The molecule has 11 unspecified atom stereocenters. The Bertz CT molecular complexity index is 1030. The van der Waals surface area contributed by atoms with Crippen molar-refractivity contribution in [2.24, 2.45) is 0 Å². The number of carbonyl (C=O) groups excluding carboxylic acids is 1. The maximum Gasteiger partial charge on any atom is 0.306 e. The van der Waals surface area contributed by atoms with Gasteiger partial charge in [-0.3, -0.25) is 4.79 Å². The molecule has 0 aromatic rings. The highest BCUT2D eigenvalue weighted by Crippen LogP contribution is 2.26. The molecule has 348 valence electrons. The zero-order valence-electron chi connectivity index (χ0n) is 36.5. The summed E-state index contributed by atoms with van der Waals surface area (Å²) < 4.78 is 34.0. The molecule has 0 bridgehead atoms. The quantitative estimate of drug-likeness (QED) is 0.0235. The van der Waals surface area contributed by atoms with Crippen LogP contribution in [-0.4, -0.2) is 142 Å².